The summed E-state index contributed by atoms with van der Waals surface area (Å²) >= 11 is 3.57. The molecule has 130 valence electrons. The molecule has 0 aromatic heterocycles. The molecule has 1 rings (SSSR count). The molecule has 4 heteroatoms. The molecule has 4 atom stereocenters. The van der Waals surface area contributed by atoms with Gasteiger partial charge in [0.25, 0.3) is 0 Å². The van der Waals surface area contributed by atoms with E-state index < -0.39 is 8.32 Å². The maximum Gasteiger partial charge on any atom is 0.192 e. The van der Waals surface area contributed by atoms with E-state index >= 15 is 0 Å². The lowest BCUT2D eigenvalue weighted by molar-refractivity contribution is -0.109. The summed E-state index contributed by atoms with van der Waals surface area (Å²) in [6.45, 7) is 18.2. The minimum absolute atomic E-state index is 0.194. The van der Waals surface area contributed by atoms with Crippen molar-refractivity contribution in [2.75, 3.05) is 5.33 Å². The molecule has 1 heterocycles. The number of rotatable bonds is 5. The summed E-state index contributed by atoms with van der Waals surface area (Å²) in [5.41, 5.74) is 1.32. The van der Waals surface area contributed by atoms with Gasteiger partial charge in [-0.1, -0.05) is 55.3 Å². The highest BCUT2D eigenvalue weighted by atomic mass is 79.9. The van der Waals surface area contributed by atoms with Gasteiger partial charge in [0.05, 0.1) is 18.3 Å². The Morgan fingerprint density at radius 3 is 2.36 bits per heavy atom. The molecule has 0 aliphatic carbocycles. The molecular weight excluding hydrogens is 356 g/mol. The SMILES string of the molecule is CC(C)=C[C@@H]1C[C@H](O[Si](C)(C)C(C)(C)C)[C@H](C)[C@H](CCBr)O1. The largest absolute Gasteiger partial charge is 0.413 e. The summed E-state index contributed by atoms with van der Waals surface area (Å²) in [6.07, 6.45) is 5.07. The molecule has 0 aromatic rings. The van der Waals surface area contributed by atoms with Gasteiger partial charge in [-0.05, 0) is 38.4 Å². The molecule has 0 saturated carbocycles. The van der Waals surface area contributed by atoms with Gasteiger partial charge in [0.15, 0.2) is 8.32 Å². The second-order valence-electron chi connectivity index (χ2n) is 8.45. The van der Waals surface area contributed by atoms with E-state index in [-0.39, 0.29) is 17.2 Å². The van der Waals surface area contributed by atoms with Crippen molar-refractivity contribution < 1.29 is 9.16 Å². The predicted octanol–water partition coefficient (Wildman–Crippen LogP) is 5.92. The molecule has 0 radical (unpaired) electrons. The van der Waals surface area contributed by atoms with E-state index in [1.165, 1.54) is 5.57 Å². The molecule has 0 spiro atoms. The van der Waals surface area contributed by atoms with E-state index in [2.05, 4.69) is 76.6 Å². The van der Waals surface area contributed by atoms with Crippen LogP contribution in [0.25, 0.3) is 0 Å². The maximum atomic E-state index is 6.76. The summed E-state index contributed by atoms with van der Waals surface area (Å²) < 4.78 is 13.1. The average molecular weight is 391 g/mol. The Hall–Kier alpha value is 0.357. The lowest BCUT2D eigenvalue weighted by atomic mass is 9.88. The van der Waals surface area contributed by atoms with Crippen molar-refractivity contribution in [2.45, 2.75) is 90.8 Å². The first-order valence-corrected chi connectivity index (χ1v) is 12.5. The highest BCUT2D eigenvalue weighted by Crippen LogP contribution is 2.41. The van der Waals surface area contributed by atoms with E-state index in [1.807, 2.05) is 0 Å². The number of alkyl halides is 1. The predicted molar refractivity (Wildman–Crippen MR) is 102 cm³/mol. The molecule has 1 fully saturated rings. The Kier molecular flexibility index (Phi) is 7.38. The van der Waals surface area contributed by atoms with Crippen LogP contribution in [0.4, 0.5) is 0 Å². The fourth-order valence-corrected chi connectivity index (χ4v) is 4.59. The Morgan fingerprint density at radius 1 is 1.32 bits per heavy atom. The van der Waals surface area contributed by atoms with Crippen molar-refractivity contribution in [2.24, 2.45) is 5.92 Å². The number of allylic oxidation sites excluding steroid dienone is 1. The number of hydrogen-bond donors (Lipinski definition) is 0. The standard InChI is InChI=1S/C18H35BrO2Si/c1-13(2)11-15-12-17(14(3)16(20-15)9-10-19)21-22(7,8)18(4,5)6/h11,14-17H,9-10,12H2,1-8H3/t14-,15-,16+,17+/m1/s1. The quantitative estimate of drug-likeness (QED) is 0.329. The molecule has 1 aliphatic heterocycles. The van der Waals surface area contributed by atoms with E-state index in [0.717, 1.165) is 18.2 Å². The smallest absolute Gasteiger partial charge is 0.192 e. The van der Waals surface area contributed by atoms with E-state index in [4.69, 9.17) is 9.16 Å². The number of halogens is 1. The molecule has 0 bridgehead atoms. The summed E-state index contributed by atoms with van der Waals surface area (Å²) in [4.78, 5) is 0. The normalized spacial score (nSPS) is 30.2. The molecule has 1 aliphatic rings. The zero-order valence-electron chi connectivity index (χ0n) is 15.7. The van der Waals surface area contributed by atoms with Crippen LogP contribution in [0, 0.1) is 5.92 Å². The third kappa shape index (κ3) is 5.47. The van der Waals surface area contributed by atoms with Gasteiger partial charge >= 0.3 is 0 Å². The highest BCUT2D eigenvalue weighted by Gasteiger charge is 2.43. The fourth-order valence-electron chi connectivity index (χ4n) is 2.72. The fraction of sp³-hybridized carbons (Fsp3) is 0.889. The Balaban J connectivity index is 2.92. The minimum atomic E-state index is -1.74. The molecule has 0 amide bonds. The van der Waals surface area contributed by atoms with Crippen LogP contribution in [-0.4, -0.2) is 32.0 Å². The van der Waals surface area contributed by atoms with Gasteiger partial charge in [-0.25, -0.2) is 0 Å². The van der Waals surface area contributed by atoms with Gasteiger partial charge in [0.2, 0.25) is 0 Å². The average Bonchev–Trinajstić information content (AvgIpc) is 2.32. The van der Waals surface area contributed by atoms with E-state index in [0.29, 0.717) is 12.0 Å². The van der Waals surface area contributed by atoms with E-state index in [9.17, 15) is 0 Å². The molecular formula is C18H35BrO2Si. The van der Waals surface area contributed by atoms with Crippen LogP contribution in [0.15, 0.2) is 11.6 Å². The van der Waals surface area contributed by atoms with Crippen molar-refractivity contribution in [1.82, 2.24) is 0 Å². The zero-order valence-corrected chi connectivity index (χ0v) is 18.3. The lowest BCUT2D eigenvalue weighted by Crippen LogP contribution is -2.51. The maximum absolute atomic E-state index is 6.76. The van der Waals surface area contributed by atoms with Crippen LogP contribution in [0.5, 0.6) is 0 Å². The van der Waals surface area contributed by atoms with Crippen molar-refractivity contribution in [3.63, 3.8) is 0 Å². The topological polar surface area (TPSA) is 18.5 Å². The lowest BCUT2D eigenvalue weighted by Gasteiger charge is -2.46. The van der Waals surface area contributed by atoms with Gasteiger partial charge in [-0.2, -0.15) is 0 Å². The van der Waals surface area contributed by atoms with Gasteiger partial charge in [-0.15, -0.1) is 0 Å². The van der Waals surface area contributed by atoms with Crippen molar-refractivity contribution in [3.05, 3.63) is 11.6 Å². The number of ether oxygens (including phenoxy) is 1. The molecule has 2 nitrogen and oxygen atoms in total. The molecule has 0 unspecified atom stereocenters. The molecule has 22 heavy (non-hydrogen) atoms. The van der Waals surface area contributed by atoms with Crippen molar-refractivity contribution in [3.8, 4) is 0 Å². The number of hydrogen-bond acceptors (Lipinski definition) is 2. The van der Waals surface area contributed by atoms with Gasteiger partial charge in [-0.3, -0.25) is 0 Å². The van der Waals surface area contributed by atoms with Crippen LogP contribution in [0.2, 0.25) is 18.1 Å². The Bertz CT molecular complexity index is 383. The van der Waals surface area contributed by atoms with Crippen LogP contribution < -0.4 is 0 Å². The summed E-state index contributed by atoms with van der Waals surface area (Å²) in [5, 5.41) is 1.23. The van der Waals surface area contributed by atoms with Crippen LogP contribution >= 0.6 is 15.9 Å². The van der Waals surface area contributed by atoms with Crippen molar-refractivity contribution in [1.29, 1.82) is 0 Å². The van der Waals surface area contributed by atoms with Gasteiger partial charge < -0.3 is 9.16 Å². The highest BCUT2D eigenvalue weighted by molar-refractivity contribution is 9.09. The van der Waals surface area contributed by atoms with Gasteiger partial charge in [0.1, 0.15) is 0 Å². The molecule has 0 aromatic carbocycles. The molecule has 0 N–H and O–H groups in total. The summed E-state index contributed by atoms with van der Waals surface area (Å²) in [5.74, 6) is 0.452. The Labute approximate surface area is 147 Å². The van der Waals surface area contributed by atoms with Crippen LogP contribution in [-0.2, 0) is 9.16 Å². The first-order valence-electron chi connectivity index (χ1n) is 8.52. The van der Waals surface area contributed by atoms with E-state index in [1.54, 1.807) is 0 Å². The minimum Gasteiger partial charge on any atom is -0.413 e. The zero-order chi connectivity index (χ0) is 17.1. The summed E-state index contributed by atoms with van der Waals surface area (Å²) in [6, 6.07) is 0. The second-order valence-corrected chi connectivity index (χ2v) is 14.0. The first kappa shape index (κ1) is 20.4. The monoisotopic (exact) mass is 390 g/mol. The van der Waals surface area contributed by atoms with Gasteiger partial charge in [0, 0.05) is 17.7 Å². The second kappa shape index (κ2) is 7.95. The third-order valence-electron chi connectivity index (χ3n) is 5.15. The summed E-state index contributed by atoms with van der Waals surface area (Å²) in [7, 11) is -1.74. The van der Waals surface area contributed by atoms with Crippen LogP contribution in [0.1, 0.15) is 54.4 Å². The third-order valence-corrected chi connectivity index (χ3v) is 10.1. The molecule has 1 saturated heterocycles. The van der Waals surface area contributed by atoms with Crippen LogP contribution in [0.3, 0.4) is 0 Å². The van der Waals surface area contributed by atoms with Crippen molar-refractivity contribution >= 4 is 24.2 Å². The first-order chi connectivity index (χ1) is 9.98. The Morgan fingerprint density at radius 2 is 1.91 bits per heavy atom.